The van der Waals surface area contributed by atoms with E-state index >= 15 is 0 Å². The number of hydrogen-bond donors (Lipinski definition) is 2. The van der Waals surface area contributed by atoms with Gasteiger partial charge in [0.25, 0.3) is 5.91 Å². The third kappa shape index (κ3) is 5.29. The van der Waals surface area contributed by atoms with Gasteiger partial charge in [-0.2, -0.15) is 0 Å². The first kappa shape index (κ1) is 22.9. The van der Waals surface area contributed by atoms with Crippen molar-refractivity contribution in [3.8, 4) is 0 Å². The van der Waals surface area contributed by atoms with Gasteiger partial charge in [0, 0.05) is 18.5 Å². The normalized spacial score (nSPS) is 16.2. The predicted octanol–water partition coefficient (Wildman–Crippen LogP) is 4.45. The Kier molecular flexibility index (Phi) is 7.54. The summed E-state index contributed by atoms with van der Waals surface area (Å²) in [4.78, 5) is 37.7. The molecule has 166 valence electrons. The molecule has 1 atom stereocenters. The van der Waals surface area contributed by atoms with Crippen LogP contribution in [0.1, 0.15) is 42.9 Å². The molecule has 0 bridgehead atoms. The molecule has 32 heavy (non-hydrogen) atoms. The SMILES string of the molecule is O=C(O)CCCCCN1C(=O)C(O)=C(C(=O)C=Cc2ccccc2)C1c1ccccc1F. The summed E-state index contributed by atoms with van der Waals surface area (Å²) in [5.74, 6) is -3.50. The van der Waals surface area contributed by atoms with Gasteiger partial charge in [-0.15, -0.1) is 0 Å². The number of allylic oxidation sites excluding steroid dienone is 1. The van der Waals surface area contributed by atoms with Crippen molar-refractivity contribution in [2.45, 2.75) is 31.7 Å². The van der Waals surface area contributed by atoms with Gasteiger partial charge in [0.1, 0.15) is 5.82 Å². The average Bonchev–Trinajstić information content (AvgIpc) is 3.03. The van der Waals surface area contributed by atoms with Crippen LogP contribution in [0.3, 0.4) is 0 Å². The molecule has 3 rings (SSSR count). The van der Waals surface area contributed by atoms with E-state index in [-0.39, 0.29) is 24.1 Å². The minimum absolute atomic E-state index is 0.0161. The number of carboxylic acids is 1. The van der Waals surface area contributed by atoms with Crippen LogP contribution in [0.2, 0.25) is 0 Å². The fourth-order valence-corrected chi connectivity index (χ4v) is 3.72. The highest BCUT2D eigenvalue weighted by molar-refractivity contribution is 6.14. The number of rotatable bonds is 10. The number of aliphatic carboxylic acids is 1. The van der Waals surface area contributed by atoms with Gasteiger partial charge in [0.15, 0.2) is 11.5 Å². The lowest BCUT2D eigenvalue weighted by Crippen LogP contribution is -2.32. The number of nitrogens with zero attached hydrogens (tertiary/aromatic N) is 1. The molecule has 0 spiro atoms. The molecule has 6 nitrogen and oxygen atoms in total. The topological polar surface area (TPSA) is 94.9 Å². The second kappa shape index (κ2) is 10.5. The third-order valence-corrected chi connectivity index (χ3v) is 5.29. The maximum absolute atomic E-state index is 14.7. The highest BCUT2D eigenvalue weighted by Gasteiger charge is 2.43. The van der Waals surface area contributed by atoms with Gasteiger partial charge in [0.2, 0.25) is 0 Å². The molecule has 0 aromatic heterocycles. The molecule has 0 radical (unpaired) electrons. The summed E-state index contributed by atoms with van der Waals surface area (Å²) >= 11 is 0. The van der Waals surface area contributed by atoms with Gasteiger partial charge in [0.05, 0.1) is 11.6 Å². The van der Waals surface area contributed by atoms with Crippen LogP contribution in [0.4, 0.5) is 4.39 Å². The molecule has 0 saturated heterocycles. The molecule has 2 N–H and O–H groups in total. The maximum Gasteiger partial charge on any atom is 0.303 e. The fourth-order valence-electron chi connectivity index (χ4n) is 3.72. The Morgan fingerprint density at radius 1 is 1.00 bits per heavy atom. The summed E-state index contributed by atoms with van der Waals surface area (Å²) in [5, 5.41) is 19.3. The number of ketones is 1. The summed E-state index contributed by atoms with van der Waals surface area (Å²) in [6.07, 6.45) is 4.28. The summed E-state index contributed by atoms with van der Waals surface area (Å²) in [5.41, 5.74) is 0.715. The van der Waals surface area contributed by atoms with Crippen LogP contribution in [0.25, 0.3) is 6.08 Å². The molecule has 0 fully saturated rings. The average molecular weight is 437 g/mol. The van der Waals surface area contributed by atoms with Crippen LogP contribution in [0.15, 0.2) is 72.0 Å². The summed E-state index contributed by atoms with van der Waals surface area (Å²) in [6.45, 7) is 0.153. The lowest BCUT2D eigenvalue weighted by molar-refractivity contribution is -0.137. The number of aliphatic hydroxyl groups is 1. The first-order chi connectivity index (χ1) is 15.4. The van der Waals surface area contributed by atoms with Crippen molar-refractivity contribution in [1.29, 1.82) is 0 Å². The van der Waals surface area contributed by atoms with E-state index in [0.29, 0.717) is 19.3 Å². The number of benzene rings is 2. The number of carboxylic acid groups (broad SMARTS) is 1. The van der Waals surface area contributed by atoms with Crippen LogP contribution >= 0.6 is 0 Å². The Labute approximate surface area is 185 Å². The molecule has 0 aliphatic carbocycles. The predicted molar refractivity (Wildman–Crippen MR) is 117 cm³/mol. The van der Waals surface area contributed by atoms with E-state index in [9.17, 15) is 23.9 Å². The van der Waals surface area contributed by atoms with E-state index in [2.05, 4.69) is 0 Å². The quantitative estimate of drug-likeness (QED) is 0.423. The second-order valence-electron chi connectivity index (χ2n) is 7.50. The highest BCUT2D eigenvalue weighted by atomic mass is 19.1. The lowest BCUT2D eigenvalue weighted by Gasteiger charge is -2.27. The number of aliphatic hydroxyl groups excluding tert-OH is 1. The summed E-state index contributed by atoms with van der Waals surface area (Å²) in [6, 6.07) is 13.8. The van der Waals surface area contributed by atoms with Gasteiger partial charge >= 0.3 is 5.97 Å². The Morgan fingerprint density at radius 2 is 1.69 bits per heavy atom. The number of unbranched alkanes of at least 4 members (excludes halogenated alkanes) is 2. The molecular formula is C25H24FNO5. The van der Waals surface area contributed by atoms with Crippen molar-refractivity contribution < 1.29 is 29.0 Å². The van der Waals surface area contributed by atoms with Crippen molar-refractivity contribution in [3.05, 3.63) is 88.9 Å². The third-order valence-electron chi connectivity index (χ3n) is 5.29. The van der Waals surface area contributed by atoms with E-state index < -0.39 is 35.3 Å². The number of carbonyl (C=O) groups excluding carboxylic acids is 2. The number of halogens is 1. The van der Waals surface area contributed by atoms with E-state index in [1.54, 1.807) is 24.3 Å². The fraction of sp³-hybridized carbons (Fsp3) is 0.240. The zero-order valence-electron chi connectivity index (χ0n) is 17.4. The molecule has 7 heteroatoms. The van der Waals surface area contributed by atoms with Crippen molar-refractivity contribution in [2.75, 3.05) is 6.54 Å². The van der Waals surface area contributed by atoms with Crippen molar-refractivity contribution in [3.63, 3.8) is 0 Å². The molecule has 2 aromatic rings. The van der Waals surface area contributed by atoms with Crippen molar-refractivity contribution in [2.24, 2.45) is 0 Å². The van der Waals surface area contributed by atoms with Crippen LogP contribution in [-0.4, -0.2) is 39.3 Å². The standard InChI is InChI=1S/C25H24FNO5/c26-19-12-7-6-11-18(19)23-22(20(28)15-14-17-9-3-1-4-10-17)24(31)25(32)27(23)16-8-2-5-13-21(29)30/h1,3-4,6-7,9-12,14-15,23,31H,2,5,8,13,16H2,(H,29,30). The minimum atomic E-state index is -1.06. The maximum atomic E-state index is 14.7. The molecule has 1 unspecified atom stereocenters. The van der Waals surface area contributed by atoms with E-state index in [4.69, 9.17) is 5.11 Å². The van der Waals surface area contributed by atoms with Crippen LogP contribution < -0.4 is 0 Å². The smallest absolute Gasteiger partial charge is 0.303 e. The van der Waals surface area contributed by atoms with Crippen molar-refractivity contribution >= 4 is 23.7 Å². The zero-order valence-corrected chi connectivity index (χ0v) is 17.4. The van der Waals surface area contributed by atoms with Gasteiger partial charge in [-0.1, -0.05) is 61.0 Å². The number of carbonyl (C=O) groups is 3. The summed E-state index contributed by atoms with van der Waals surface area (Å²) in [7, 11) is 0. The first-order valence-corrected chi connectivity index (χ1v) is 10.4. The Bertz CT molecular complexity index is 1060. The molecule has 1 aliphatic rings. The van der Waals surface area contributed by atoms with Gasteiger partial charge in [-0.3, -0.25) is 14.4 Å². The van der Waals surface area contributed by atoms with Gasteiger partial charge in [-0.25, -0.2) is 4.39 Å². The monoisotopic (exact) mass is 437 g/mol. The van der Waals surface area contributed by atoms with E-state index in [0.717, 1.165) is 5.56 Å². The largest absolute Gasteiger partial charge is 0.503 e. The van der Waals surface area contributed by atoms with Crippen LogP contribution in [-0.2, 0) is 14.4 Å². The first-order valence-electron chi connectivity index (χ1n) is 10.4. The minimum Gasteiger partial charge on any atom is -0.503 e. The second-order valence-corrected chi connectivity index (χ2v) is 7.50. The summed E-state index contributed by atoms with van der Waals surface area (Å²) < 4.78 is 14.7. The molecule has 0 saturated carbocycles. The van der Waals surface area contributed by atoms with Crippen LogP contribution in [0, 0.1) is 5.82 Å². The van der Waals surface area contributed by atoms with Gasteiger partial charge in [-0.05, 0) is 30.5 Å². The highest BCUT2D eigenvalue weighted by Crippen LogP contribution is 2.39. The molecule has 1 amide bonds. The number of hydrogen-bond acceptors (Lipinski definition) is 4. The molecular weight excluding hydrogens is 413 g/mol. The molecule has 1 aliphatic heterocycles. The van der Waals surface area contributed by atoms with E-state index in [1.807, 2.05) is 18.2 Å². The Balaban J connectivity index is 1.87. The van der Waals surface area contributed by atoms with E-state index in [1.165, 1.54) is 29.2 Å². The number of amides is 1. The molecule has 1 heterocycles. The van der Waals surface area contributed by atoms with Crippen molar-refractivity contribution in [1.82, 2.24) is 4.90 Å². The van der Waals surface area contributed by atoms with Gasteiger partial charge < -0.3 is 15.1 Å². The lowest BCUT2D eigenvalue weighted by atomic mass is 9.95. The Hall–Kier alpha value is -3.74. The Morgan fingerprint density at radius 3 is 2.38 bits per heavy atom. The zero-order chi connectivity index (χ0) is 23.1. The molecule has 2 aromatic carbocycles. The van der Waals surface area contributed by atoms with Crippen LogP contribution in [0.5, 0.6) is 0 Å².